The van der Waals surface area contributed by atoms with Crippen molar-refractivity contribution in [3.8, 4) is 0 Å². The minimum atomic E-state index is -0.927. The highest BCUT2D eigenvalue weighted by molar-refractivity contribution is 6.31. The summed E-state index contributed by atoms with van der Waals surface area (Å²) in [5.74, 6) is 0.666. The molecule has 20 heavy (non-hydrogen) atoms. The van der Waals surface area contributed by atoms with Gasteiger partial charge in [-0.05, 0) is 48.4 Å². The fourth-order valence-corrected chi connectivity index (χ4v) is 3.69. The maximum Gasteiger partial charge on any atom is 0.328 e. The molecule has 0 amide bonds. The molecule has 1 aliphatic carbocycles. The zero-order valence-corrected chi connectivity index (χ0v) is 12.0. The van der Waals surface area contributed by atoms with E-state index >= 15 is 0 Å². The third kappa shape index (κ3) is 2.68. The van der Waals surface area contributed by atoms with Crippen LogP contribution in [0, 0.1) is 11.8 Å². The van der Waals surface area contributed by atoms with E-state index in [0.717, 1.165) is 36.2 Å². The van der Waals surface area contributed by atoms with Crippen molar-refractivity contribution in [1.82, 2.24) is 0 Å². The number of carboxylic acids is 1. The number of carboxylic acid groups (broad SMARTS) is 1. The number of anilines is 1. The maximum atomic E-state index is 10.7. The van der Waals surface area contributed by atoms with Crippen LogP contribution in [0.4, 0.5) is 5.69 Å². The number of aliphatic carboxylic acids is 1. The molecule has 1 saturated heterocycles. The smallest absolute Gasteiger partial charge is 0.328 e. The highest BCUT2D eigenvalue weighted by Crippen LogP contribution is 2.41. The van der Waals surface area contributed by atoms with Gasteiger partial charge in [0.25, 0.3) is 0 Å². The van der Waals surface area contributed by atoms with Crippen molar-refractivity contribution in [2.24, 2.45) is 11.8 Å². The molecule has 0 spiro atoms. The Morgan fingerprint density at radius 1 is 1.30 bits per heavy atom. The molecule has 1 aliphatic heterocycles. The first-order chi connectivity index (χ1) is 9.63. The molecule has 0 bridgehead atoms. The number of rotatable bonds is 3. The molecule has 1 saturated carbocycles. The molecular weight excluding hydrogens is 274 g/mol. The number of nitrogens with zero attached hydrogens (tertiary/aromatic N) is 1. The number of hydrogen-bond acceptors (Lipinski definition) is 2. The summed E-state index contributed by atoms with van der Waals surface area (Å²) in [7, 11) is 0. The lowest BCUT2D eigenvalue weighted by molar-refractivity contribution is -0.131. The molecule has 2 fully saturated rings. The van der Waals surface area contributed by atoms with E-state index in [1.807, 2.05) is 18.2 Å². The predicted molar refractivity (Wildman–Crippen MR) is 81.2 cm³/mol. The molecule has 1 aromatic rings. The fourth-order valence-electron chi connectivity index (χ4n) is 3.52. The summed E-state index contributed by atoms with van der Waals surface area (Å²) in [5, 5.41) is 9.49. The van der Waals surface area contributed by atoms with E-state index in [-0.39, 0.29) is 0 Å². The van der Waals surface area contributed by atoms with Crippen LogP contribution in [0.15, 0.2) is 24.3 Å². The number of benzene rings is 1. The average molecular weight is 292 g/mol. The van der Waals surface area contributed by atoms with Crippen molar-refractivity contribution in [3.63, 3.8) is 0 Å². The molecule has 2 aliphatic rings. The van der Waals surface area contributed by atoms with Gasteiger partial charge in [-0.15, -0.1) is 0 Å². The first kappa shape index (κ1) is 13.5. The van der Waals surface area contributed by atoms with Gasteiger partial charge in [0.2, 0.25) is 0 Å². The Morgan fingerprint density at radius 2 is 2.00 bits per heavy atom. The van der Waals surface area contributed by atoms with Crippen LogP contribution < -0.4 is 4.90 Å². The molecule has 0 aromatic heterocycles. The van der Waals surface area contributed by atoms with Gasteiger partial charge in [-0.25, -0.2) is 4.79 Å². The Labute approximate surface area is 123 Å². The topological polar surface area (TPSA) is 40.5 Å². The van der Waals surface area contributed by atoms with Gasteiger partial charge in [0.05, 0.1) is 0 Å². The molecule has 1 aromatic carbocycles. The number of fused-ring (bicyclic) bond motifs is 1. The van der Waals surface area contributed by atoms with E-state index in [4.69, 9.17) is 16.7 Å². The van der Waals surface area contributed by atoms with Crippen molar-refractivity contribution >= 4 is 29.3 Å². The monoisotopic (exact) mass is 291 g/mol. The minimum Gasteiger partial charge on any atom is -0.478 e. The number of hydrogen-bond donors (Lipinski definition) is 1. The van der Waals surface area contributed by atoms with Crippen LogP contribution in [-0.4, -0.2) is 24.2 Å². The van der Waals surface area contributed by atoms with Crippen LogP contribution >= 0.6 is 11.6 Å². The van der Waals surface area contributed by atoms with Crippen molar-refractivity contribution in [2.75, 3.05) is 18.0 Å². The van der Waals surface area contributed by atoms with Gasteiger partial charge in [-0.1, -0.05) is 24.1 Å². The second-order valence-corrected chi connectivity index (χ2v) is 6.17. The van der Waals surface area contributed by atoms with E-state index in [1.165, 1.54) is 25.3 Å². The van der Waals surface area contributed by atoms with Gasteiger partial charge in [0.1, 0.15) is 0 Å². The van der Waals surface area contributed by atoms with Crippen LogP contribution in [0.2, 0.25) is 5.02 Å². The van der Waals surface area contributed by atoms with Crippen LogP contribution in [0.5, 0.6) is 0 Å². The molecule has 1 heterocycles. The molecular formula is C16H18ClNO2. The standard InChI is InChI=1S/C16H18ClNO2/c17-14-6-4-11(5-7-16(19)20)15(8-14)18-9-12-2-1-3-13(12)10-18/h4-8,12-13H,1-3,9-10H2,(H,19,20)/b7-5+. The predicted octanol–water partition coefficient (Wildman–Crippen LogP) is 3.67. The zero-order chi connectivity index (χ0) is 14.1. The molecule has 106 valence electrons. The number of halogens is 1. The lowest BCUT2D eigenvalue weighted by Crippen LogP contribution is -2.21. The Hall–Kier alpha value is -1.48. The van der Waals surface area contributed by atoms with Crippen molar-refractivity contribution < 1.29 is 9.90 Å². The average Bonchev–Trinajstić information content (AvgIpc) is 2.97. The highest BCUT2D eigenvalue weighted by Gasteiger charge is 2.36. The number of carbonyl (C=O) groups is 1. The second kappa shape index (κ2) is 5.49. The van der Waals surface area contributed by atoms with Crippen LogP contribution in [0.1, 0.15) is 24.8 Å². The van der Waals surface area contributed by atoms with Crippen LogP contribution in [-0.2, 0) is 4.79 Å². The van der Waals surface area contributed by atoms with Gasteiger partial charge in [0.15, 0.2) is 0 Å². The normalized spacial score (nSPS) is 25.4. The Bertz CT molecular complexity index is 543. The Balaban J connectivity index is 1.88. The first-order valence-electron chi connectivity index (χ1n) is 7.09. The van der Waals surface area contributed by atoms with E-state index in [2.05, 4.69) is 4.90 Å². The maximum absolute atomic E-state index is 10.7. The van der Waals surface area contributed by atoms with Gasteiger partial charge in [0, 0.05) is 29.9 Å². The van der Waals surface area contributed by atoms with Crippen molar-refractivity contribution in [2.45, 2.75) is 19.3 Å². The van der Waals surface area contributed by atoms with Crippen LogP contribution in [0.3, 0.4) is 0 Å². The summed E-state index contributed by atoms with van der Waals surface area (Å²) in [4.78, 5) is 13.1. The molecule has 4 heteroatoms. The second-order valence-electron chi connectivity index (χ2n) is 5.73. The molecule has 2 unspecified atom stereocenters. The first-order valence-corrected chi connectivity index (χ1v) is 7.47. The van der Waals surface area contributed by atoms with E-state index in [1.54, 1.807) is 6.08 Å². The summed E-state index contributed by atoms with van der Waals surface area (Å²) in [5.41, 5.74) is 1.99. The lowest BCUT2D eigenvalue weighted by Gasteiger charge is -2.22. The van der Waals surface area contributed by atoms with Gasteiger partial charge in [-0.3, -0.25) is 0 Å². The summed E-state index contributed by atoms with van der Waals surface area (Å²) < 4.78 is 0. The van der Waals surface area contributed by atoms with E-state index < -0.39 is 5.97 Å². The molecule has 3 nitrogen and oxygen atoms in total. The summed E-state index contributed by atoms with van der Waals surface area (Å²) in [6.45, 7) is 2.14. The van der Waals surface area contributed by atoms with Crippen molar-refractivity contribution in [1.29, 1.82) is 0 Å². The minimum absolute atomic E-state index is 0.699. The summed E-state index contributed by atoms with van der Waals surface area (Å²) in [6, 6.07) is 5.65. The molecule has 1 N–H and O–H groups in total. The highest BCUT2D eigenvalue weighted by atomic mass is 35.5. The lowest BCUT2D eigenvalue weighted by atomic mass is 10.0. The van der Waals surface area contributed by atoms with Crippen LogP contribution in [0.25, 0.3) is 6.08 Å². The molecule has 3 rings (SSSR count). The fraction of sp³-hybridized carbons (Fsp3) is 0.438. The SMILES string of the molecule is O=C(O)/C=C/c1ccc(Cl)cc1N1CC2CCCC2C1. The van der Waals surface area contributed by atoms with Gasteiger partial charge >= 0.3 is 5.97 Å². The largest absolute Gasteiger partial charge is 0.478 e. The Morgan fingerprint density at radius 3 is 2.65 bits per heavy atom. The van der Waals surface area contributed by atoms with Gasteiger partial charge < -0.3 is 10.0 Å². The molecule has 0 radical (unpaired) electrons. The molecule has 2 atom stereocenters. The van der Waals surface area contributed by atoms with E-state index in [9.17, 15) is 4.79 Å². The van der Waals surface area contributed by atoms with Gasteiger partial charge in [-0.2, -0.15) is 0 Å². The third-order valence-corrected chi connectivity index (χ3v) is 4.70. The Kier molecular flexibility index (Phi) is 3.70. The zero-order valence-electron chi connectivity index (χ0n) is 11.3. The van der Waals surface area contributed by atoms with E-state index in [0.29, 0.717) is 5.02 Å². The summed E-state index contributed by atoms with van der Waals surface area (Å²) >= 11 is 6.11. The quantitative estimate of drug-likeness (QED) is 0.864. The summed E-state index contributed by atoms with van der Waals surface area (Å²) in [6.07, 6.45) is 6.83. The third-order valence-electron chi connectivity index (χ3n) is 4.46. The van der Waals surface area contributed by atoms with Crippen molar-refractivity contribution in [3.05, 3.63) is 34.9 Å².